The minimum Gasteiger partial charge on any atom is -0.378 e. The van der Waals surface area contributed by atoms with Crippen molar-refractivity contribution >= 4 is 5.91 Å². The number of ether oxygens (including phenoxy) is 1. The van der Waals surface area contributed by atoms with E-state index in [1.54, 1.807) is 13.0 Å². The maximum atomic E-state index is 13.5. The molecular weight excluding hydrogens is 297 g/mol. The fourth-order valence-corrected chi connectivity index (χ4v) is 3.31. The molecule has 2 saturated heterocycles. The molecule has 6 heteroatoms. The van der Waals surface area contributed by atoms with Crippen molar-refractivity contribution in [2.75, 3.05) is 46.4 Å². The molecule has 0 unspecified atom stereocenters. The van der Waals surface area contributed by atoms with E-state index >= 15 is 0 Å². The molecule has 0 aromatic heterocycles. The van der Waals surface area contributed by atoms with Gasteiger partial charge in [-0.05, 0) is 37.7 Å². The van der Waals surface area contributed by atoms with E-state index < -0.39 is 0 Å². The van der Waals surface area contributed by atoms with Crippen molar-refractivity contribution in [1.29, 1.82) is 0 Å². The topological polar surface area (TPSA) is 44.8 Å². The second kappa shape index (κ2) is 6.95. The van der Waals surface area contributed by atoms with Crippen molar-refractivity contribution < 1.29 is 13.9 Å². The third-order valence-corrected chi connectivity index (χ3v) is 4.68. The van der Waals surface area contributed by atoms with Crippen LogP contribution in [0.15, 0.2) is 18.2 Å². The lowest BCUT2D eigenvalue weighted by atomic mass is 10.1. The summed E-state index contributed by atoms with van der Waals surface area (Å²) in [5, 5.41) is 3.02. The van der Waals surface area contributed by atoms with E-state index in [2.05, 4.69) is 22.2 Å². The molecule has 0 saturated carbocycles. The molecule has 5 nitrogen and oxygen atoms in total. The highest BCUT2D eigenvalue weighted by Gasteiger charge is 2.35. The molecule has 2 aliphatic rings. The lowest BCUT2D eigenvalue weighted by Crippen LogP contribution is -2.56. The molecule has 0 bridgehead atoms. The van der Waals surface area contributed by atoms with E-state index in [4.69, 9.17) is 4.74 Å². The number of hydrogen-bond donors (Lipinski definition) is 1. The number of benzene rings is 1. The number of likely N-dealkylation sites (N-methyl/N-ethyl adjacent to an activating group) is 1. The summed E-state index contributed by atoms with van der Waals surface area (Å²) in [5.41, 5.74) is 1.11. The molecule has 0 spiro atoms. The van der Waals surface area contributed by atoms with Gasteiger partial charge < -0.3 is 15.0 Å². The van der Waals surface area contributed by atoms with Crippen LogP contribution >= 0.6 is 0 Å². The third kappa shape index (κ3) is 3.88. The van der Waals surface area contributed by atoms with Gasteiger partial charge in [0.2, 0.25) is 0 Å². The minimum absolute atomic E-state index is 0.0468. The van der Waals surface area contributed by atoms with Crippen LogP contribution in [-0.4, -0.2) is 74.2 Å². The van der Waals surface area contributed by atoms with Gasteiger partial charge in [-0.1, -0.05) is 0 Å². The quantitative estimate of drug-likeness (QED) is 0.898. The smallest absolute Gasteiger partial charge is 0.251 e. The van der Waals surface area contributed by atoms with Crippen LogP contribution in [0.25, 0.3) is 0 Å². The number of amides is 1. The van der Waals surface area contributed by atoms with Crippen LogP contribution in [0, 0.1) is 12.7 Å². The zero-order valence-electron chi connectivity index (χ0n) is 13.7. The average molecular weight is 321 g/mol. The number of nitrogens with zero attached hydrogens (tertiary/aromatic N) is 2. The highest BCUT2D eigenvalue weighted by molar-refractivity contribution is 5.94. The Balaban J connectivity index is 1.65. The second-order valence-electron chi connectivity index (χ2n) is 6.54. The van der Waals surface area contributed by atoms with E-state index in [0.717, 1.165) is 31.7 Å². The van der Waals surface area contributed by atoms with Gasteiger partial charge in [0.1, 0.15) is 5.82 Å². The van der Waals surface area contributed by atoms with Crippen molar-refractivity contribution in [2.45, 2.75) is 19.0 Å². The molecular formula is C17H24FN3O2. The summed E-state index contributed by atoms with van der Waals surface area (Å²) in [4.78, 5) is 17.1. The summed E-state index contributed by atoms with van der Waals surface area (Å²) in [5.74, 6) is -0.615. The molecule has 1 N–H and O–H groups in total. The van der Waals surface area contributed by atoms with Crippen LogP contribution in [0.1, 0.15) is 15.9 Å². The number of nitrogens with one attached hydrogen (secondary N) is 1. The van der Waals surface area contributed by atoms with Gasteiger partial charge in [-0.25, -0.2) is 4.39 Å². The van der Waals surface area contributed by atoms with Crippen molar-refractivity contribution in [3.63, 3.8) is 0 Å². The first kappa shape index (κ1) is 16.4. The summed E-state index contributed by atoms with van der Waals surface area (Å²) < 4.78 is 19.1. The van der Waals surface area contributed by atoms with E-state index in [1.165, 1.54) is 12.1 Å². The predicted octanol–water partition coefficient (Wildman–Crippen LogP) is 0.879. The fraction of sp³-hybridized carbons (Fsp3) is 0.588. The number of rotatable bonds is 3. The Hall–Kier alpha value is -1.50. The van der Waals surface area contributed by atoms with E-state index in [0.29, 0.717) is 18.8 Å². The molecule has 1 aromatic carbocycles. The Labute approximate surface area is 136 Å². The number of carbonyl (C=O) groups excluding carboxylic acids is 1. The number of carbonyl (C=O) groups is 1. The largest absolute Gasteiger partial charge is 0.378 e. The highest BCUT2D eigenvalue weighted by atomic mass is 19.1. The number of hydrogen-bond acceptors (Lipinski definition) is 4. The summed E-state index contributed by atoms with van der Waals surface area (Å²) in [6, 6.07) is 4.56. The van der Waals surface area contributed by atoms with Crippen molar-refractivity contribution in [3.05, 3.63) is 35.1 Å². The highest BCUT2D eigenvalue weighted by Crippen LogP contribution is 2.17. The van der Waals surface area contributed by atoms with Gasteiger partial charge in [0, 0.05) is 31.7 Å². The van der Waals surface area contributed by atoms with Crippen LogP contribution in [0.4, 0.5) is 4.39 Å². The number of piperazine rings is 1. The molecule has 2 heterocycles. The molecule has 1 amide bonds. The molecule has 1 aromatic rings. The Morgan fingerprint density at radius 2 is 1.96 bits per heavy atom. The zero-order chi connectivity index (χ0) is 16.4. The Morgan fingerprint density at radius 1 is 1.22 bits per heavy atom. The van der Waals surface area contributed by atoms with Gasteiger partial charge in [-0.2, -0.15) is 0 Å². The Morgan fingerprint density at radius 3 is 2.65 bits per heavy atom. The molecule has 3 rings (SSSR count). The summed E-state index contributed by atoms with van der Waals surface area (Å²) in [6.07, 6.45) is 0. The predicted molar refractivity (Wildman–Crippen MR) is 86.1 cm³/mol. The van der Waals surface area contributed by atoms with Crippen LogP contribution in [0.5, 0.6) is 0 Å². The number of aryl methyl sites for hydroxylation is 1. The Kier molecular flexibility index (Phi) is 4.94. The molecule has 126 valence electrons. The van der Waals surface area contributed by atoms with Gasteiger partial charge in [0.25, 0.3) is 5.91 Å². The standard InChI is InChI=1S/C17H24FN3O2/c1-12-7-13(9-14(18)8-12)17(22)19-15-10-23-11-16(15)21-5-3-20(2)4-6-21/h7-9,15-16H,3-6,10-11H2,1-2H3,(H,19,22)/t15-,16-/m0/s1. The van der Waals surface area contributed by atoms with Gasteiger partial charge in [-0.15, -0.1) is 0 Å². The summed E-state index contributed by atoms with van der Waals surface area (Å²) in [7, 11) is 2.12. The summed E-state index contributed by atoms with van der Waals surface area (Å²) >= 11 is 0. The average Bonchev–Trinajstić information content (AvgIpc) is 2.95. The van der Waals surface area contributed by atoms with Gasteiger partial charge >= 0.3 is 0 Å². The fourth-order valence-electron chi connectivity index (χ4n) is 3.31. The van der Waals surface area contributed by atoms with Gasteiger partial charge in [0.15, 0.2) is 0 Å². The molecule has 0 radical (unpaired) electrons. The first-order valence-electron chi connectivity index (χ1n) is 8.11. The first-order valence-corrected chi connectivity index (χ1v) is 8.11. The van der Waals surface area contributed by atoms with Gasteiger partial charge in [0.05, 0.1) is 25.3 Å². The van der Waals surface area contributed by atoms with Crippen molar-refractivity contribution in [2.24, 2.45) is 0 Å². The van der Waals surface area contributed by atoms with Crippen LogP contribution < -0.4 is 5.32 Å². The maximum absolute atomic E-state index is 13.5. The van der Waals surface area contributed by atoms with Crippen LogP contribution in [0.3, 0.4) is 0 Å². The SMILES string of the molecule is Cc1cc(F)cc(C(=O)N[C@H]2COC[C@@H]2N2CCN(C)CC2)c1. The van der Waals surface area contributed by atoms with Gasteiger partial charge in [-0.3, -0.25) is 9.69 Å². The molecule has 0 aliphatic carbocycles. The maximum Gasteiger partial charge on any atom is 0.251 e. The Bertz CT molecular complexity index is 553. The van der Waals surface area contributed by atoms with Crippen molar-refractivity contribution in [1.82, 2.24) is 15.1 Å². The minimum atomic E-state index is -0.381. The van der Waals surface area contributed by atoms with Crippen molar-refractivity contribution in [3.8, 4) is 0 Å². The zero-order valence-corrected chi connectivity index (χ0v) is 13.7. The lowest BCUT2D eigenvalue weighted by molar-refractivity contribution is 0.0828. The normalized spacial score (nSPS) is 26.4. The monoisotopic (exact) mass is 321 g/mol. The lowest BCUT2D eigenvalue weighted by Gasteiger charge is -2.38. The van der Waals surface area contributed by atoms with E-state index in [-0.39, 0.29) is 23.8 Å². The molecule has 23 heavy (non-hydrogen) atoms. The second-order valence-corrected chi connectivity index (χ2v) is 6.54. The van der Waals surface area contributed by atoms with Crippen LogP contribution in [-0.2, 0) is 4.74 Å². The van der Waals surface area contributed by atoms with Crippen LogP contribution in [0.2, 0.25) is 0 Å². The number of halogens is 1. The molecule has 2 atom stereocenters. The van der Waals surface area contributed by atoms with E-state index in [9.17, 15) is 9.18 Å². The summed E-state index contributed by atoms with van der Waals surface area (Å²) in [6.45, 7) is 6.95. The molecule has 2 fully saturated rings. The first-order chi connectivity index (χ1) is 11.0. The molecule has 2 aliphatic heterocycles. The van der Waals surface area contributed by atoms with E-state index in [1.807, 2.05) is 0 Å². The third-order valence-electron chi connectivity index (χ3n) is 4.68.